The van der Waals surface area contributed by atoms with Crippen LogP contribution in [0.15, 0.2) is 12.1 Å². The van der Waals surface area contributed by atoms with Gasteiger partial charge in [0.15, 0.2) is 0 Å². The summed E-state index contributed by atoms with van der Waals surface area (Å²) in [5.74, 6) is 0.128. The number of halogens is 1. The Bertz CT molecular complexity index is 445. The third-order valence-corrected chi connectivity index (χ3v) is 3.82. The second-order valence-corrected chi connectivity index (χ2v) is 5.65. The van der Waals surface area contributed by atoms with Gasteiger partial charge in [-0.25, -0.2) is 0 Å². The SMILES string of the molecule is Cc1cc(C)c(NC(=O)CCC2CCCN2)c(C)c1.Cl. The molecule has 1 fully saturated rings. The normalized spacial score (nSPS) is 17.6. The van der Waals surface area contributed by atoms with Crippen LogP contribution in [0.3, 0.4) is 0 Å². The van der Waals surface area contributed by atoms with E-state index in [1.165, 1.54) is 18.4 Å². The van der Waals surface area contributed by atoms with Gasteiger partial charge in [0.1, 0.15) is 0 Å². The van der Waals surface area contributed by atoms with Crippen molar-refractivity contribution in [3.8, 4) is 0 Å². The monoisotopic (exact) mass is 296 g/mol. The Morgan fingerprint density at radius 1 is 1.30 bits per heavy atom. The van der Waals surface area contributed by atoms with Crippen molar-refractivity contribution in [2.45, 2.75) is 52.5 Å². The first-order valence-corrected chi connectivity index (χ1v) is 7.17. The number of hydrogen-bond donors (Lipinski definition) is 2. The van der Waals surface area contributed by atoms with Gasteiger partial charge in [-0.1, -0.05) is 17.7 Å². The van der Waals surface area contributed by atoms with Crippen LogP contribution in [0.4, 0.5) is 5.69 Å². The van der Waals surface area contributed by atoms with E-state index in [2.05, 4.69) is 29.7 Å². The maximum absolute atomic E-state index is 12.0. The summed E-state index contributed by atoms with van der Waals surface area (Å²) >= 11 is 0. The van der Waals surface area contributed by atoms with Crippen LogP contribution in [-0.2, 0) is 4.79 Å². The number of rotatable bonds is 4. The molecule has 2 N–H and O–H groups in total. The third kappa shape index (κ3) is 4.50. The maximum atomic E-state index is 12.0. The number of aryl methyl sites for hydroxylation is 3. The zero-order chi connectivity index (χ0) is 13.8. The van der Waals surface area contributed by atoms with Gasteiger partial charge < -0.3 is 10.6 Å². The number of anilines is 1. The van der Waals surface area contributed by atoms with E-state index in [1.807, 2.05) is 13.8 Å². The van der Waals surface area contributed by atoms with Crippen molar-refractivity contribution in [3.63, 3.8) is 0 Å². The van der Waals surface area contributed by atoms with Gasteiger partial charge in [0, 0.05) is 18.2 Å². The second kappa shape index (κ2) is 7.65. The van der Waals surface area contributed by atoms with Crippen molar-refractivity contribution in [2.24, 2.45) is 0 Å². The summed E-state index contributed by atoms with van der Waals surface area (Å²) in [5, 5.41) is 6.49. The molecule has 0 aromatic heterocycles. The summed E-state index contributed by atoms with van der Waals surface area (Å²) in [4.78, 5) is 12.0. The fourth-order valence-electron chi connectivity index (χ4n) is 2.89. The Morgan fingerprint density at radius 3 is 2.50 bits per heavy atom. The molecule has 4 heteroatoms. The largest absolute Gasteiger partial charge is 0.326 e. The van der Waals surface area contributed by atoms with Crippen LogP contribution in [0, 0.1) is 20.8 Å². The molecule has 112 valence electrons. The number of amides is 1. The maximum Gasteiger partial charge on any atom is 0.224 e. The summed E-state index contributed by atoms with van der Waals surface area (Å²) in [6.45, 7) is 7.28. The molecule has 3 nitrogen and oxygen atoms in total. The van der Waals surface area contributed by atoms with E-state index < -0.39 is 0 Å². The second-order valence-electron chi connectivity index (χ2n) is 5.65. The van der Waals surface area contributed by atoms with Crippen LogP contribution in [-0.4, -0.2) is 18.5 Å². The number of carbonyl (C=O) groups excluding carboxylic acids is 1. The molecule has 1 aliphatic rings. The Hall–Kier alpha value is -1.06. The van der Waals surface area contributed by atoms with Gasteiger partial charge in [-0.3, -0.25) is 4.79 Å². The minimum atomic E-state index is 0. The lowest BCUT2D eigenvalue weighted by atomic mass is 10.0. The van der Waals surface area contributed by atoms with E-state index in [1.54, 1.807) is 0 Å². The zero-order valence-electron chi connectivity index (χ0n) is 12.6. The van der Waals surface area contributed by atoms with Gasteiger partial charge in [0.05, 0.1) is 0 Å². The summed E-state index contributed by atoms with van der Waals surface area (Å²) in [6.07, 6.45) is 3.98. The van der Waals surface area contributed by atoms with Gasteiger partial charge in [0.2, 0.25) is 5.91 Å². The molecule has 1 atom stereocenters. The molecule has 1 saturated heterocycles. The summed E-state index contributed by atoms with van der Waals surface area (Å²) in [6, 6.07) is 4.76. The molecule has 0 aliphatic carbocycles. The van der Waals surface area contributed by atoms with Crippen molar-refractivity contribution in [2.75, 3.05) is 11.9 Å². The van der Waals surface area contributed by atoms with Gasteiger partial charge in [0.25, 0.3) is 0 Å². The van der Waals surface area contributed by atoms with Crippen molar-refractivity contribution >= 4 is 24.0 Å². The van der Waals surface area contributed by atoms with E-state index in [0.29, 0.717) is 12.5 Å². The van der Waals surface area contributed by atoms with E-state index in [0.717, 1.165) is 29.8 Å². The highest BCUT2D eigenvalue weighted by Crippen LogP contribution is 2.22. The van der Waals surface area contributed by atoms with Gasteiger partial charge >= 0.3 is 0 Å². The van der Waals surface area contributed by atoms with Crippen molar-refractivity contribution in [1.82, 2.24) is 5.32 Å². The smallest absolute Gasteiger partial charge is 0.224 e. The molecular formula is C16H25ClN2O. The first kappa shape index (κ1) is 17.0. The number of carbonyl (C=O) groups is 1. The van der Waals surface area contributed by atoms with Crippen LogP contribution in [0.5, 0.6) is 0 Å². The first-order chi connectivity index (χ1) is 9.06. The molecule has 1 heterocycles. The lowest BCUT2D eigenvalue weighted by Crippen LogP contribution is -2.23. The average Bonchev–Trinajstić information content (AvgIpc) is 2.84. The Kier molecular flexibility index (Phi) is 6.50. The molecule has 1 unspecified atom stereocenters. The summed E-state index contributed by atoms with van der Waals surface area (Å²) in [7, 11) is 0. The predicted molar refractivity (Wildman–Crippen MR) is 86.8 cm³/mol. The lowest BCUT2D eigenvalue weighted by molar-refractivity contribution is -0.116. The van der Waals surface area contributed by atoms with E-state index in [9.17, 15) is 4.79 Å². The fourth-order valence-corrected chi connectivity index (χ4v) is 2.89. The fraction of sp³-hybridized carbons (Fsp3) is 0.562. The lowest BCUT2D eigenvalue weighted by Gasteiger charge is -2.14. The molecule has 0 bridgehead atoms. The van der Waals surface area contributed by atoms with Crippen LogP contribution < -0.4 is 10.6 Å². The highest BCUT2D eigenvalue weighted by atomic mass is 35.5. The molecule has 0 spiro atoms. The van der Waals surface area contributed by atoms with Gasteiger partial charge in [-0.05, 0) is 57.7 Å². The molecule has 0 saturated carbocycles. The predicted octanol–water partition coefficient (Wildman–Crippen LogP) is 3.50. The van der Waals surface area contributed by atoms with E-state index in [-0.39, 0.29) is 18.3 Å². The third-order valence-electron chi connectivity index (χ3n) is 3.82. The number of benzene rings is 1. The van der Waals surface area contributed by atoms with Crippen LogP contribution in [0.1, 0.15) is 42.4 Å². The highest BCUT2D eigenvalue weighted by Gasteiger charge is 2.16. The minimum absolute atomic E-state index is 0. The Labute approximate surface area is 127 Å². The minimum Gasteiger partial charge on any atom is -0.326 e. The molecular weight excluding hydrogens is 272 g/mol. The van der Waals surface area contributed by atoms with Crippen LogP contribution in [0.2, 0.25) is 0 Å². The van der Waals surface area contributed by atoms with Crippen LogP contribution >= 0.6 is 12.4 Å². The van der Waals surface area contributed by atoms with E-state index in [4.69, 9.17) is 0 Å². The average molecular weight is 297 g/mol. The molecule has 1 aromatic rings. The quantitative estimate of drug-likeness (QED) is 0.893. The molecule has 1 amide bonds. The molecule has 2 rings (SSSR count). The summed E-state index contributed by atoms with van der Waals surface area (Å²) < 4.78 is 0. The summed E-state index contributed by atoms with van der Waals surface area (Å²) in [5.41, 5.74) is 4.51. The number of nitrogens with one attached hydrogen (secondary N) is 2. The van der Waals surface area contributed by atoms with Crippen molar-refractivity contribution < 1.29 is 4.79 Å². The number of hydrogen-bond acceptors (Lipinski definition) is 2. The first-order valence-electron chi connectivity index (χ1n) is 7.17. The molecule has 20 heavy (non-hydrogen) atoms. The molecule has 1 aromatic carbocycles. The van der Waals surface area contributed by atoms with Crippen molar-refractivity contribution in [3.05, 3.63) is 28.8 Å². The highest BCUT2D eigenvalue weighted by molar-refractivity contribution is 5.92. The van der Waals surface area contributed by atoms with Crippen molar-refractivity contribution in [1.29, 1.82) is 0 Å². The van der Waals surface area contributed by atoms with E-state index >= 15 is 0 Å². The van der Waals surface area contributed by atoms with Gasteiger partial charge in [-0.2, -0.15) is 0 Å². The Balaban J connectivity index is 0.00000200. The van der Waals surface area contributed by atoms with Gasteiger partial charge in [-0.15, -0.1) is 12.4 Å². The molecule has 0 radical (unpaired) electrons. The standard InChI is InChI=1S/C16H24N2O.ClH/c1-11-9-12(2)16(13(3)10-11)18-15(19)7-6-14-5-4-8-17-14;/h9-10,14,17H,4-8H2,1-3H3,(H,18,19);1H. The zero-order valence-corrected chi connectivity index (χ0v) is 13.4. The Morgan fingerprint density at radius 2 is 1.95 bits per heavy atom. The topological polar surface area (TPSA) is 41.1 Å². The molecule has 1 aliphatic heterocycles. The van der Waals surface area contributed by atoms with Crippen LogP contribution in [0.25, 0.3) is 0 Å².